The molecule has 0 bridgehead atoms. The van der Waals surface area contributed by atoms with Gasteiger partial charge in [0.05, 0.1) is 10.7 Å². The lowest BCUT2D eigenvalue weighted by atomic mass is 10.1. The maximum atomic E-state index is 13.3. The number of aryl methyl sites for hydroxylation is 1. The molecule has 1 aliphatic heterocycles. The van der Waals surface area contributed by atoms with E-state index in [0.717, 1.165) is 29.7 Å². The number of halogens is 2. The second kappa shape index (κ2) is 7.74. The monoisotopic (exact) mass is 363 g/mol. The molecule has 132 valence electrons. The van der Waals surface area contributed by atoms with Crippen LogP contribution in [0.25, 0.3) is 6.08 Å². The molecule has 25 heavy (non-hydrogen) atoms. The molecule has 1 N–H and O–H groups in total. The average molecular weight is 363 g/mol. The molecule has 0 saturated carbocycles. The summed E-state index contributed by atoms with van der Waals surface area (Å²) >= 11 is 1.54. The Kier molecular flexibility index (Phi) is 5.43. The zero-order chi connectivity index (χ0) is 17.8. The number of hydrogen-bond acceptors (Lipinski definition) is 4. The van der Waals surface area contributed by atoms with Gasteiger partial charge in [-0.2, -0.15) is 0 Å². The van der Waals surface area contributed by atoms with E-state index in [0.29, 0.717) is 18.8 Å². The van der Waals surface area contributed by atoms with Crippen molar-refractivity contribution in [1.29, 1.82) is 0 Å². The van der Waals surface area contributed by atoms with Crippen LogP contribution in [-0.2, 0) is 4.79 Å². The average Bonchev–Trinajstić information content (AvgIpc) is 3.22. The highest BCUT2D eigenvalue weighted by molar-refractivity contribution is 7.09. The van der Waals surface area contributed by atoms with Crippen LogP contribution >= 0.6 is 11.3 Å². The number of carbonyl (C=O) groups is 1. The van der Waals surface area contributed by atoms with E-state index in [1.165, 1.54) is 12.1 Å². The van der Waals surface area contributed by atoms with E-state index in [2.05, 4.69) is 10.3 Å². The molecule has 0 radical (unpaired) electrons. The van der Waals surface area contributed by atoms with Gasteiger partial charge in [-0.1, -0.05) is 0 Å². The number of thiazole rings is 1. The Morgan fingerprint density at radius 2 is 2.28 bits per heavy atom. The third-order valence-electron chi connectivity index (χ3n) is 4.16. The van der Waals surface area contributed by atoms with Gasteiger partial charge in [-0.25, -0.2) is 13.8 Å². The van der Waals surface area contributed by atoms with Gasteiger partial charge in [0.2, 0.25) is 5.91 Å². The van der Waals surface area contributed by atoms with E-state index >= 15 is 0 Å². The van der Waals surface area contributed by atoms with Crippen molar-refractivity contribution in [2.75, 3.05) is 24.5 Å². The van der Waals surface area contributed by atoms with Gasteiger partial charge in [0, 0.05) is 42.8 Å². The Hall–Kier alpha value is -2.28. The maximum Gasteiger partial charge on any atom is 0.244 e. The molecule has 2 aromatic rings. The Labute approximate surface area is 149 Å². The van der Waals surface area contributed by atoms with Crippen molar-refractivity contribution in [3.05, 3.63) is 52.0 Å². The molecule has 2 heterocycles. The van der Waals surface area contributed by atoms with Crippen molar-refractivity contribution in [3.63, 3.8) is 0 Å². The predicted molar refractivity (Wildman–Crippen MR) is 95.6 cm³/mol. The molecule has 1 atom stereocenters. The fraction of sp³-hybridized carbons (Fsp3) is 0.333. The van der Waals surface area contributed by atoms with Gasteiger partial charge < -0.3 is 10.2 Å². The smallest absolute Gasteiger partial charge is 0.244 e. The summed E-state index contributed by atoms with van der Waals surface area (Å²) in [6.45, 7) is 3.94. The largest absolute Gasteiger partial charge is 0.371 e. The van der Waals surface area contributed by atoms with Crippen molar-refractivity contribution in [3.8, 4) is 0 Å². The van der Waals surface area contributed by atoms with Gasteiger partial charge in [-0.3, -0.25) is 4.79 Å². The highest BCUT2D eigenvalue weighted by Gasteiger charge is 2.23. The molecule has 0 aliphatic carbocycles. The van der Waals surface area contributed by atoms with Crippen LogP contribution in [0.5, 0.6) is 0 Å². The summed E-state index contributed by atoms with van der Waals surface area (Å²) < 4.78 is 26.4. The topological polar surface area (TPSA) is 45.2 Å². The minimum atomic E-state index is -0.839. The molecule has 3 rings (SSSR count). The van der Waals surface area contributed by atoms with E-state index < -0.39 is 11.6 Å². The van der Waals surface area contributed by atoms with Gasteiger partial charge in [0.1, 0.15) is 0 Å². The molecule has 0 spiro atoms. The van der Waals surface area contributed by atoms with Crippen molar-refractivity contribution < 1.29 is 13.6 Å². The third-order valence-corrected chi connectivity index (χ3v) is 4.95. The number of amides is 1. The number of nitrogens with zero attached hydrogens (tertiary/aromatic N) is 2. The lowest BCUT2D eigenvalue weighted by Crippen LogP contribution is -2.29. The second-order valence-electron chi connectivity index (χ2n) is 6.07. The van der Waals surface area contributed by atoms with E-state index in [1.54, 1.807) is 23.5 Å². The minimum absolute atomic E-state index is 0.156. The van der Waals surface area contributed by atoms with Crippen molar-refractivity contribution >= 4 is 29.0 Å². The number of rotatable bonds is 5. The Balaban J connectivity index is 1.47. The van der Waals surface area contributed by atoms with Gasteiger partial charge >= 0.3 is 0 Å². The van der Waals surface area contributed by atoms with Crippen molar-refractivity contribution in [2.24, 2.45) is 5.92 Å². The van der Waals surface area contributed by atoms with Crippen LogP contribution in [0.2, 0.25) is 0 Å². The zero-order valence-corrected chi connectivity index (χ0v) is 14.7. The summed E-state index contributed by atoms with van der Waals surface area (Å²) in [4.78, 5) is 18.2. The van der Waals surface area contributed by atoms with Crippen molar-refractivity contribution in [1.82, 2.24) is 10.3 Å². The van der Waals surface area contributed by atoms with Crippen LogP contribution in [0, 0.1) is 24.5 Å². The number of hydrogen-bond donors (Lipinski definition) is 1. The van der Waals surface area contributed by atoms with E-state index in [1.807, 2.05) is 17.2 Å². The number of carbonyl (C=O) groups excluding carboxylic acids is 1. The van der Waals surface area contributed by atoms with Crippen molar-refractivity contribution in [2.45, 2.75) is 13.3 Å². The lowest BCUT2D eigenvalue weighted by molar-refractivity contribution is -0.116. The zero-order valence-electron chi connectivity index (χ0n) is 13.8. The maximum absolute atomic E-state index is 13.3. The number of aromatic nitrogens is 1. The summed E-state index contributed by atoms with van der Waals surface area (Å²) in [5.74, 6) is -1.55. The van der Waals surface area contributed by atoms with Crippen LogP contribution < -0.4 is 10.2 Å². The number of nitrogens with one attached hydrogen (secondary N) is 1. The molecule has 1 aromatic carbocycles. The number of anilines is 1. The van der Waals surface area contributed by atoms with Gasteiger partial charge in [0.15, 0.2) is 11.6 Å². The molecule has 0 unspecified atom stereocenters. The van der Waals surface area contributed by atoms with E-state index in [-0.39, 0.29) is 11.8 Å². The van der Waals surface area contributed by atoms with Crippen LogP contribution in [0.15, 0.2) is 29.7 Å². The summed E-state index contributed by atoms with van der Waals surface area (Å²) in [6.07, 6.45) is 4.08. The normalized spacial score (nSPS) is 17.4. The Morgan fingerprint density at radius 3 is 3.00 bits per heavy atom. The first kappa shape index (κ1) is 17.5. The Bertz CT molecular complexity index is 790. The van der Waals surface area contributed by atoms with Gasteiger partial charge in [0.25, 0.3) is 0 Å². The molecule has 1 amide bonds. The first-order chi connectivity index (χ1) is 12.0. The first-order valence-electron chi connectivity index (χ1n) is 8.09. The molecule has 1 saturated heterocycles. The molecular formula is C18H19F2N3OS. The van der Waals surface area contributed by atoms with Crippen LogP contribution in [0.3, 0.4) is 0 Å². The van der Waals surface area contributed by atoms with E-state index in [4.69, 9.17) is 0 Å². The highest BCUT2D eigenvalue weighted by atomic mass is 32.1. The van der Waals surface area contributed by atoms with Crippen LogP contribution in [0.4, 0.5) is 14.5 Å². The molecule has 4 nitrogen and oxygen atoms in total. The highest BCUT2D eigenvalue weighted by Crippen LogP contribution is 2.25. The molecule has 1 fully saturated rings. The molecule has 7 heteroatoms. The predicted octanol–water partition coefficient (Wildman–Crippen LogP) is 3.39. The first-order valence-corrected chi connectivity index (χ1v) is 8.97. The summed E-state index contributed by atoms with van der Waals surface area (Å²) in [5, 5.41) is 5.74. The van der Waals surface area contributed by atoms with Crippen LogP contribution in [0.1, 0.15) is 17.1 Å². The van der Waals surface area contributed by atoms with E-state index in [9.17, 15) is 13.6 Å². The lowest BCUT2D eigenvalue weighted by Gasteiger charge is -2.19. The molecule has 1 aromatic heterocycles. The van der Waals surface area contributed by atoms with Gasteiger partial charge in [-0.15, -0.1) is 11.3 Å². The summed E-state index contributed by atoms with van der Waals surface area (Å²) in [6, 6.07) is 3.94. The quantitative estimate of drug-likeness (QED) is 0.829. The van der Waals surface area contributed by atoms with Crippen LogP contribution in [-0.4, -0.2) is 30.5 Å². The fourth-order valence-electron chi connectivity index (χ4n) is 2.84. The standard InChI is InChI=1S/C18H19F2N3OS/c1-12-22-14(11-25-12)2-5-18(24)21-9-13-6-7-23(10-13)15-3-4-16(19)17(20)8-15/h2-5,8,11,13H,6-7,9-10H2,1H3,(H,21,24)/b5-2-/t13-/m0/s1. The molecular weight excluding hydrogens is 344 g/mol. The minimum Gasteiger partial charge on any atom is -0.371 e. The van der Waals surface area contributed by atoms with Gasteiger partial charge in [-0.05, 0) is 37.5 Å². The third kappa shape index (κ3) is 4.63. The number of benzene rings is 1. The molecule has 1 aliphatic rings. The summed E-state index contributed by atoms with van der Waals surface area (Å²) in [5.41, 5.74) is 1.45. The Morgan fingerprint density at radius 1 is 1.44 bits per heavy atom. The fourth-order valence-corrected chi connectivity index (χ4v) is 3.42. The summed E-state index contributed by atoms with van der Waals surface area (Å²) in [7, 11) is 0. The SMILES string of the molecule is Cc1nc(/C=C\C(=O)NC[C@@H]2CCN(c3ccc(F)c(F)c3)C2)cs1. The second-order valence-corrected chi connectivity index (χ2v) is 7.13.